The molecule has 2 N–H and O–H groups in total. The van der Waals surface area contributed by atoms with Crippen molar-refractivity contribution in [2.24, 2.45) is 17.1 Å². The van der Waals surface area contributed by atoms with Gasteiger partial charge in [-0.1, -0.05) is 34.6 Å². The van der Waals surface area contributed by atoms with E-state index in [2.05, 4.69) is 20.8 Å². The van der Waals surface area contributed by atoms with Crippen LogP contribution in [0.1, 0.15) is 61.3 Å². The van der Waals surface area contributed by atoms with Crippen molar-refractivity contribution in [1.29, 1.82) is 0 Å². The van der Waals surface area contributed by atoms with Crippen molar-refractivity contribution in [2.75, 3.05) is 0 Å². The SMILES string of the molecule is CC(C)CC(N)C(=O)OC(C)(C)CC(C)(C)C. The summed E-state index contributed by atoms with van der Waals surface area (Å²) >= 11 is 0. The van der Waals surface area contributed by atoms with E-state index >= 15 is 0 Å². The lowest BCUT2D eigenvalue weighted by molar-refractivity contribution is -0.160. The van der Waals surface area contributed by atoms with E-state index in [0.29, 0.717) is 12.3 Å². The van der Waals surface area contributed by atoms with E-state index in [-0.39, 0.29) is 11.4 Å². The van der Waals surface area contributed by atoms with E-state index in [1.165, 1.54) is 0 Å². The third-order valence-corrected chi connectivity index (χ3v) is 2.36. The van der Waals surface area contributed by atoms with Crippen LogP contribution in [0.5, 0.6) is 0 Å². The van der Waals surface area contributed by atoms with Gasteiger partial charge in [-0.05, 0) is 38.0 Å². The Hall–Kier alpha value is -0.570. The second-order valence-corrected chi connectivity index (χ2v) is 7.15. The van der Waals surface area contributed by atoms with Gasteiger partial charge in [0.25, 0.3) is 0 Å². The van der Waals surface area contributed by atoms with Crippen LogP contribution in [0.2, 0.25) is 0 Å². The molecular weight excluding hydrogens is 214 g/mol. The molecule has 0 radical (unpaired) electrons. The summed E-state index contributed by atoms with van der Waals surface area (Å²) in [5, 5.41) is 0. The summed E-state index contributed by atoms with van der Waals surface area (Å²) in [6.45, 7) is 14.4. The molecule has 0 aromatic rings. The average Bonchev–Trinajstić information content (AvgIpc) is 1.95. The fourth-order valence-corrected chi connectivity index (χ4v) is 2.27. The molecule has 0 aliphatic heterocycles. The minimum Gasteiger partial charge on any atom is -0.458 e. The van der Waals surface area contributed by atoms with Gasteiger partial charge in [-0.15, -0.1) is 0 Å². The highest BCUT2D eigenvalue weighted by Gasteiger charge is 2.30. The Bertz CT molecular complexity index is 251. The van der Waals surface area contributed by atoms with E-state index in [1.807, 2.05) is 27.7 Å². The smallest absolute Gasteiger partial charge is 0.323 e. The Balaban J connectivity index is 4.36. The maximum Gasteiger partial charge on any atom is 0.323 e. The van der Waals surface area contributed by atoms with Crippen molar-refractivity contribution in [1.82, 2.24) is 0 Å². The van der Waals surface area contributed by atoms with Crippen LogP contribution in [0.4, 0.5) is 0 Å². The van der Waals surface area contributed by atoms with E-state index < -0.39 is 11.6 Å². The van der Waals surface area contributed by atoms with Gasteiger partial charge in [0.2, 0.25) is 0 Å². The third kappa shape index (κ3) is 8.19. The number of ether oxygens (including phenoxy) is 1. The Morgan fingerprint density at radius 3 is 2.00 bits per heavy atom. The number of esters is 1. The normalized spacial score (nSPS) is 14.9. The predicted octanol–water partition coefficient (Wildman–Crippen LogP) is 3.12. The first-order valence-electron chi connectivity index (χ1n) is 6.41. The van der Waals surface area contributed by atoms with Gasteiger partial charge >= 0.3 is 5.97 Å². The van der Waals surface area contributed by atoms with Crippen molar-refractivity contribution in [3.8, 4) is 0 Å². The summed E-state index contributed by atoms with van der Waals surface area (Å²) in [5.74, 6) is 0.122. The highest BCUT2D eigenvalue weighted by molar-refractivity contribution is 5.75. The lowest BCUT2D eigenvalue weighted by Gasteiger charge is -2.33. The number of hydrogen-bond donors (Lipinski definition) is 1. The summed E-state index contributed by atoms with van der Waals surface area (Å²) in [6, 6.07) is -0.505. The molecule has 3 nitrogen and oxygen atoms in total. The summed E-state index contributed by atoms with van der Waals surface area (Å²) < 4.78 is 5.51. The highest BCUT2D eigenvalue weighted by atomic mass is 16.6. The highest BCUT2D eigenvalue weighted by Crippen LogP contribution is 2.29. The Kier molecular flexibility index (Phi) is 5.66. The molecule has 0 spiro atoms. The van der Waals surface area contributed by atoms with Crippen LogP contribution in [0, 0.1) is 11.3 Å². The van der Waals surface area contributed by atoms with E-state index in [9.17, 15) is 4.79 Å². The lowest BCUT2D eigenvalue weighted by Crippen LogP contribution is -2.41. The van der Waals surface area contributed by atoms with Crippen molar-refractivity contribution < 1.29 is 9.53 Å². The van der Waals surface area contributed by atoms with Crippen LogP contribution >= 0.6 is 0 Å². The predicted molar refractivity (Wildman–Crippen MR) is 71.7 cm³/mol. The molecule has 0 aromatic heterocycles. The molecule has 1 unspecified atom stereocenters. The molecule has 3 heteroatoms. The maximum absolute atomic E-state index is 11.8. The van der Waals surface area contributed by atoms with Crippen molar-refractivity contribution in [2.45, 2.75) is 73.0 Å². The van der Waals surface area contributed by atoms with Gasteiger partial charge in [0.05, 0.1) is 0 Å². The van der Waals surface area contributed by atoms with Gasteiger partial charge in [0.15, 0.2) is 0 Å². The second kappa shape index (κ2) is 5.85. The molecular formula is C14H29NO2. The largest absolute Gasteiger partial charge is 0.458 e. The molecule has 0 aliphatic rings. The standard InChI is InChI=1S/C14H29NO2/c1-10(2)8-11(15)12(16)17-14(6,7)9-13(3,4)5/h10-11H,8-9,15H2,1-7H3. The van der Waals surface area contributed by atoms with Crippen LogP contribution in [-0.4, -0.2) is 17.6 Å². The zero-order chi connectivity index (χ0) is 13.9. The lowest BCUT2D eigenvalue weighted by atomic mass is 9.83. The van der Waals surface area contributed by atoms with Gasteiger partial charge < -0.3 is 10.5 Å². The number of carbonyl (C=O) groups is 1. The molecule has 0 rings (SSSR count). The monoisotopic (exact) mass is 243 g/mol. The summed E-state index contributed by atoms with van der Waals surface area (Å²) in [5.41, 5.74) is 5.49. The van der Waals surface area contributed by atoms with Crippen LogP contribution in [0.15, 0.2) is 0 Å². The Labute approximate surface area is 106 Å². The van der Waals surface area contributed by atoms with Gasteiger partial charge in [0.1, 0.15) is 11.6 Å². The molecule has 17 heavy (non-hydrogen) atoms. The summed E-state index contributed by atoms with van der Waals surface area (Å²) in [4.78, 5) is 11.8. The van der Waals surface area contributed by atoms with Crippen molar-refractivity contribution in [3.05, 3.63) is 0 Å². The Morgan fingerprint density at radius 2 is 1.65 bits per heavy atom. The van der Waals surface area contributed by atoms with E-state index in [0.717, 1.165) is 6.42 Å². The zero-order valence-electron chi connectivity index (χ0n) is 12.5. The summed E-state index contributed by atoms with van der Waals surface area (Å²) in [7, 11) is 0. The minimum absolute atomic E-state index is 0.131. The molecule has 1 atom stereocenters. The molecule has 0 amide bonds. The first kappa shape index (κ1) is 16.4. The minimum atomic E-state index is -0.505. The maximum atomic E-state index is 11.8. The van der Waals surface area contributed by atoms with Crippen LogP contribution in [0.3, 0.4) is 0 Å². The number of rotatable bonds is 5. The number of nitrogens with two attached hydrogens (primary N) is 1. The van der Waals surface area contributed by atoms with Gasteiger partial charge in [-0.25, -0.2) is 0 Å². The molecule has 0 aliphatic carbocycles. The third-order valence-electron chi connectivity index (χ3n) is 2.36. The van der Waals surface area contributed by atoms with E-state index in [4.69, 9.17) is 10.5 Å². The zero-order valence-corrected chi connectivity index (χ0v) is 12.5. The molecule has 0 fully saturated rings. The van der Waals surface area contributed by atoms with Gasteiger partial charge in [0, 0.05) is 0 Å². The second-order valence-electron chi connectivity index (χ2n) is 7.15. The van der Waals surface area contributed by atoms with Crippen molar-refractivity contribution in [3.63, 3.8) is 0 Å². The molecule has 0 heterocycles. The molecule has 0 bridgehead atoms. The molecule has 0 aromatic carbocycles. The topological polar surface area (TPSA) is 52.3 Å². The van der Waals surface area contributed by atoms with E-state index in [1.54, 1.807) is 0 Å². The first-order chi connectivity index (χ1) is 7.43. The first-order valence-corrected chi connectivity index (χ1v) is 6.41. The molecule has 0 saturated carbocycles. The van der Waals surface area contributed by atoms with Gasteiger partial charge in [-0.3, -0.25) is 4.79 Å². The van der Waals surface area contributed by atoms with Crippen LogP contribution in [0.25, 0.3) is 0 Å². The fraction of sp³-hybridized carbons (Fsp3) is 0.929. The Morgan fingerprint density at radius 1 is 1.18 bits per heavy atom. The molecule has 102 valence electrons. The van der Waals surface area contributed by atoms with Crippen molar-refractivity contribution >= 4 is 5.97 Å². The van der Waals surface area contributed by atoms with Gasteiger partial charge in [-0.2, -0.15) is 0 Å². The van der Waals surface area contributed by atoms with Crippen LogP contribution in [-0.2, 0) is 9.53 Å². The number of carbonyl (C=O) groups excluding carboxylic acids is 1. The quantitative estimate of drug-likeness (QED) is 0.755. The summed E-state index contributed by atoms with van der Waals surface area (Å²) in [6.07, 6.45) is 1.49. The molecule has 0 saturated heterocycles. The average molecular weight is 243 g/mol. The number of hydrogen-bond acceptors (Lipinski definition) is 3. The van der Waals surface area contributed by atoms with Crippen LogP contribution < -0.4 is 5.73 Å². The fourth-order valence-electron chi connectivity index (χ4n) is 2.27.